The van der Waals surface area contributed by atoms with Crippen LogP contribution in [0.2, 0.25) is 0 Å². The van der Waals surface area contributed by atoms with Crippen molar-refractivity contribution in [1.29, 1.82) is 0 Å². The van der Waals surface area contributed by atoms with Gasteiger partial charge in [-0.15, -0.1) is 0 Å². The second kappa shape index (κ2) is 7.02. The van der Waals surface area contributed by atoms with Crippen LogP contribution in [0.1, 0.15) is 33.6 Å². The van der Waals surface area contributed by atoms with E-state index in [9.17, 15) is 14.4 Å². The quantitative estimate of drug-likeness (QED) is 0.859. The van der Waals surface area contributed by atoms with Crippen LogP contribution in [-0.2, 0) is 20.9 Å². The Labute approximate surface area is 140 Å². The largest absolute Gasteiger partial charge is 0.480 e. The Morgan fingerprint density at radius 1 is 1.38 bits per heavy atom. The van der Waals surface area contributed by atoms with E-state index in [0.717, 1.165) is 12.8 Å². The number of aromatic nitrogens is 2. The van der Waals surface area contributed by atoms with Gasteiger partial charge in [0.25, 0.3) is 0 Å². The van der Waals surface area contributed by atoms with Gasteiger partial charge in [0.2, 0.25) is 11.8 Å². The van der Waals surface area contributed by atoms with Crippen LogP contribution in [0.3, 0.4) is 0 Å². The summed E-state index contributed by atoms with van der Waals surface area (Å²) in [6, 6.07) is 1.56. The smallest absolute Gasteiger partial charge is 0.325 e. The first-order chi connectivity index (χ1) is 11.2. The molecule has 8 heteroatoms. The summed E-state index contributed by atoms with van der Waals surface area (Å²) in [5.41, 5.74) is -0.464. The lowest BCUT2D eigenvalue weighted by Gasteiger charge is -2.35. The van der Waals surface area contributed by atoms with E-state index in [1.807, 2.05) is 20.8 Å². The van der Waals surface area contributed by atoms with Crippen molar-refractivity contribution in [2.75, 3.05) is 18.4 Å². The van der Waals surface area contributed by atoms with Crippen molar-refractivity contribution < 1.29 is 19.5 Å². The van der Waals surface area contributed by atoms with E-state index in [-0.39, 0.29) is 24.3 Å². The highest BCUT2D eigenvalue weighted by molar-refractivity contribution is 5.92. The van der Waals surface area contributed by atoms with Crippen LogP contribution in [0.25, 0.3) is 0 Å². The summed E-state index contributed by atoms with van der Waals surface area (Å²) in [7, 11) is 0. The number of hydrogen-bond acceptors (Lipinski definition) is 4. The molecule has 2 amide bonds. The number of anilines is 1. The normalized spacial score (nSPS) is 18.3. The monoisotopic (exact) mass is 336 g/mol. The van der Waals surface area contributed by atoms with Gasteiger partial charge in [0.15, 0.2) is 5.82 Å². The summed E-state index contributed by atoms with van der Waals surface area (Å²) >= 11 is 0. The highest BCUT2D eigenvalue weighted by atomic mass is 16.4. The Morgan fingerprint density at radius 3 is 2.71 bits per heavy atom. The van der Waals surface area contributed by atoms with Gasteiger partial charge >= 0.3 is 5.97 Å². The molecule has 0 spiro atoms. The molecule has 1 aromatic rings. The number of likely N-dealkylation sites (tertiary alicyclic amines) is 1. The Morgan fingerprint density at radius 2 is 2.08 bits per heavy atom. The molecule has 1 fully saturated rings. The van der Waals surface area contributed by atoms with Crippen LogP contribution < -0.4 is 5.32 Å². The summed E-state index contributed by atoms with van der Waals surface area (Å²) < 4.78 is 1.24. The first-order valence-corrected chi connectivity index (χ1v) is 8.02. The van der Waals surface area contributed by atoms with E-state index in [4.69, 9.17) is 5.11 Å². The molecule has 0 radical (unpaired) electrons. The molecule has 1 aromatic heterocycles. The third kappa shape index (κ3) is 4.56. The minimum Gasteiger partial charge on any atom is -0.480 e. The van der Waals surface area contributed by atoms with E-state index in [2.05, 4.69) is 10.4 Å². The molecule has 1 aliphatic rings. The fraction of sp³-hybridized carbons (Fsp3) is 0.625. The number of rotatable bonds is 4. The van der Waals surface area contributed by atoms with Gasteiger partial charge in [-0.3, -0.25) is 19.1 Å². The predicted octanol–water partition coefficient (Wildman–Crippen LogP) is 1.19. The molecule has 1 unspecified atom stereocenters. The first kappa shape index (κ1) is 18.0. The van der Waals surface area contributed by atoms with Crippen molar-refractivity contribution >= 4 is 23.6 Å². The average molecular weight is 336 g/mol. The van der Waals surface area contributed by atoms with E-state index < -0.39 is 11.4 Å². The number of nitrogens with zero attached hydrogens (tertiary/aromatic N) is 3. The zero-order valence-corrected chi connectivity index (χ0v) is 14.3. The maximum Gasteiger partial charge on any atom is 0.325 e. The van der Waals surface area contributed by atoms with Crippen molar-refractivity contribution in [2.45, 2.75) is 40.2 Å². The summed E-state index contributed by atoms with van der Waals surface area (Å²) in [6.07, 6.45) is 3.00. The van der Waals surface area contributed by atoms with Gasteiger partial charge in [-0.25, -0.2) is 0 Å². The molecule has 24 heavy (non-hydrogen) atoms. The van der Waals surface area contributed by atoms with Crippen LogP contribution in [-0.4, -0.2) is 50.7 Å². The van der Waals surface area contributed by atoms with E-state index in [1.54, 1.807) is 11.0 Å². The van der Waals surface area contributed by atoms with Crippen LogP contribution in [0.15, 0.2) is 12.3 Å². The molecule has 2 heterocycles. The van der Waals surface area contributed by atoms with Gasteiger partial charge < -0.3 is 15.3 Å². The molecular weight excluding hydrogens is 312 g/mol. The third-order valence-electron chi connectivity index (χ3n) is 3.91. The molecule has 8 nitrogen and oxygen atoms in total. The highest BCUT2D eigenvalue weighted by Crippen LogP contribution is 2.24. The molecule has 2 N–H and O–H groups in total. The number of carbonyl (C=O) groups excluding carboxylic acids is 2. The Kier molecular flexibility index (Phi) is 5.26. The molecule has 2 rings (SSSR count). The molecule has 0 aliphatic carbocycles. The summed E-state index contributed by atoms with van der Waals surface area (Å²) in [6.45, 7) is 6.42. The minimum atomic E-state index is -1.00. The van der Waals surface area contributed by atoms with E-state index in [1.165, 1.54) is 10.9 Å². The third-order valence-corrected chi connectivity index (χ3v) is 3.91. The number of piperidine rings is 1. The van der Waals surface area contributed by atoms with Crippen LogP contribution in [0, 0.1) is 11.3 Å². The second-order valence-corrected chi connectivity index (χ2v) is 7.12. The average Bonchev–Trinajstić information content (AvgIpc) is 2.91. The highest BCUT2D eigenvalue weighted by Gasteiger charge is 2.33. The first-order valence-electron chi connectivity index (χ1n) is 8.02. The van der Waals surface area contributed by atoms with Crippen molar-refractivity contribution in [3.05, 3.63) is 12.3 Å². The summed E-state index contributed by atoms with van der Waals surface area (Å²) in [5.74, 6) is -1.11. The zero-order valence-electron chi connectivity index (χ0n) is 14.3. The van der Waals surface area contributed by atoms with Crippen LogP contribution >= 0.6 is 0 Å². The number of carboxylic acid groups (broad SMARTS) is 1. The fourth-order valence-electron chi connectivity index (χ4n) is 2.73. The maximum absolute atomic E-state index is 12.4. The van der Waals surface area contributed by atoms with E-state index >= 15 is 0 Å². The molecule has 1 atom stereocenters. The topological polar surface area (TPSA) is 105 Å². The number of carboxylic acids is 1. The van der Waals surface area contributed by atoms with Crippen molar-refractivity contribution in [3.63, 3.8) is 0 Å². The van der Waals surface area contributed by atoms with Crippen LogP contribution in [0.4, 0.5) is 5.82 Å². The molecule has 0 aromatic carbocycles. The standard InChI is InChI=1S/C16H24N4O4/c1-16(2,3)15(24)19-7-4-5-11(9-19)14(23)17-12-6-8-20(18-12)10-13(21)22/h6,8,11H,4-5,7,9-10H2,1-3H3,(H,21,22)(H,17,18,23). The second-order valence-electron chi connectivity index (χ2n) is 7.12. The lowest BCUT2D eigenvalue weighted by Crippen LogP contribution is -2.47. The molecule has 1 saturated heterocycles. The molecular formula is C16H24N4O4. The Hall–Kier alpha value is -2.38. The SMILES string of the molecule is CC(C)(C)C(=O)N1CCCC(C(=O)Nc2ccn(CC(=O)O)n2)C1. The minimum absolute atomic E-state index is 0.0470. The van der Waals surface area contributed by atoms with Gasteiger partial charge in [0, 0.05) is 30.8 Å². The predicted molar refractivity (Wildman–Crippen MR) is 87.3 cm³/mol. The molecule has 0 bridgehead atoms. The zero-order chi connectivity index (χ0) is 17.9. The Bertz CT molecular complexity index is 632. The maximum atomic E-state index is 12.4. The van der Waals surface area contributed by atoms with Gasteiger partial charge in [-0.1, -0.05) is 20.8 Å². The number of nitrogens with one attached hydrogen (secondary N) is 1. The Balaban J connectivity index is 1.95. The fourth-order valence-corrected chi connectivity index (χ4v) is 2.73. The van der Waals surface area contributed by atoms with Crippen molar-refractivity contribution in [3.8, 4) is 0 Å². The van der Waals surface area contributed by atoms with Gasteiger partial charge in [0.05, 0.1) is 5.92 Å². The number of hydrogen-bond donors (Lipinski definition) is 2. The molecule has 0 saturated carbocycles. The summed E-state index contributed by atoms with van der Waals surface area (Å²) in [5, 5.41) is 15.4. The summed E-state index contributed by atoms with van der Waals surface area (Å²) in [4.78, 5) is 37.2. The molecule has 132 valence electrons. The van der Waals surface area contributed by atoms with Gasteiger partial charge in [0.1, 0.15) is 6.54 Å². The van der Waals surface area contributed by atoms with E-state index in [0.29, 0.717) is 18.9 Å². The lowest BCUT2D eigenvalue weighted by atomic mass is 9.91. The number of aliphatic carboxylic acids is 1. The van der Waals surface area contributed by atoms with Crippen LogP contribution in [0.5, 0.6) is 0 Å². The molecule has 1 aliphatic heterocycles. The van der Waals surface area contributed by atoms with Crippen molar-refractivity contribution in [1.82, 2.24) is 14.7 Å². The number of amides is 2. The lowest BCUT2D eigenvalue weighted by molar-refractivity contribution is -0.142. The van der Waals surface area contributed by atoms with Crippen molar-refractivity contribution in [2.24, 2.45) is 11.3 Å². The van der Waals surface area contributed by atoms with Gasteiger partial charge in [-0.05, 0) is 12.8 Å². The number of carbonyl (C=O) groups is 3. The van der Waals surface area contributed by atoms with Gasteiger partial charge in [-0.2, -0.15) is 5.10 Å².